The second kappa shape index (κ2) is 8.71. The van der Waals surface area contributed by atoms with Crippen LogP contribution in [-0.4, -0.2) is 21.6 Å². The van der Waals surface area contributed by atoms with Crippen LogP contribution in [0.25, 0.3) is 0 Å². The van der Waals surface area contributed by atoms with Crippen LogP contribution in [0.4, 0.5) is 5.69 Å². The number of aryl methyl sites for hydroxylation is 1. The fraction of sp³-hybridized carbons (Fsp3) is 0.150. The third-order valence-electron chi connectivity index (χ3n) is 3.96. The molecule has 0 unspecified atom stereocenters. The molecule has 3 aromatic rings. The minimum Gasteiger partial charge on any atom is -0.489 e. The highest BCUT2D eigenvalue weighted by Crippen LogP contribution is 2.20. The van der Waals surface area contributed by atoms with Crippen molar-refractivity contribution >= 4 is 33.4 Å². The van der Waals surface area contributed by atoms with Gasteiger partial charge in [0.15, 0.2) is 5.69 Å². The maximum Gasteiger partial charge on any atom is 0.271 e. The fourth-order valence-corrected chi connectivity index (χ4v) is 2.96. The molecule has 2 aromatic carbocycles. The molecule has 0 aliphatic rings. The molecule has 3 N–H and O–H groups in total. The number of aromatic nitrogens is 2. The Bertz CT molecular complexity index is 1020. The lowest BCUT2D eigenvalue weighted by atomic mass is 10.1. The van der Waals surface area contributed by atoms with E-state index in [0.717, 1.165) is 15.8 Å². The average molecular weight is 443 g/mol. The predicted molar refractivity (Wildman–Crippen MR) is 109 cm³/mol. The lowest BCUT2D eigenvalue weighted by Gasteiger charge is -2.09. The van der Waals surface area contributed by atoms with E-state index in [4.69, 9.17) is 10.5 Å². The molecule has 1 heterocycles. The Hall–Kier alpha value is -3.13. The lowest BCUT2D eigenvalue weighted by Crippen LogP contribution is -2.18. The molecule has 0 radical (unpaired) electrons. The van der Waals surface area contributed by atoms with Gasteiger partial charge in [-0.15, -0.1) is 0 Å². The van der Waals surface area contributed by atoms with E-state index < -0.39 is 5.91 Å². The largest absolute Gasteiger partial charge is 0.489 e. The predicted octanol–water partition coefficient (Wildman–Crippen LogP) is 3.60. The number of carbonyl (C=O) groups is 2. The van der Waals surface area contributed by atoms with Gasteiger partial charge in [-0.3, -0.25) is 14.3 Å². The Morgan fingerprint density at radius 2 is 2.00 bits per heavy atom. The van der Waals surface area contributed by atoms with Gasteiger partial charge in [0.1, 0.15) is 12.4 Å². The molecule has 144 valence electrons. The zero-order chi connectivity index (χ0) is 20.1. The zero-order valence-corrected chi connectivity index (χ0v) is 16.8. The Labute approximate surface area is 170 Å². The first-order chi connectivity index (χ1) is 13.5. The number of benzene rings is 2. The van der Waals surface area contributed by atoms with Crippen molar-refractivity contribution in [3.8, 4) is 5.75 Å². The topological polar surface area (TPSA) is 99.2 Å². The molecule has 28 heavy (non-hydrogen) atoms. The number of nitrogens with two attached hydrogens (primary N) is 1. The van der Waals surface area contributed by atoms with Gasteiger partial charge in [0.25, 0.3) is 11.8 Å². The number of halogens is 1. The highest BCUT2D eigenvalue weighted by Gasteiger charge is 2.17. The maximum absolute atomic E-state index is 12.6. The van der Waals surface area contributed by atoms with Gasteiger partial charge in [-0.2, -0.15) is 5.10 Å². The van der Waals surface area contributed by atoms with Crippen LogP contribution in [0.15, 0.2) is 59.2 Å². The zero-order valence-electron chi connectivity index (χ0n) is 15.2. The van der Waals surface area contributed by atoms with E-state index in [-0.39, 0.29) is 17.3 Å². The van der Waals surface area contributed by atoms with Gasteiger partial charge >= 0.3 is 0 Å². The highest BCUT2D eigenvalue weighted by atomic mass is 79.9. The summed E-state index contributed by atoms with van der Waals surface area (Å²) in [7, 11) is 0. The summed E-state index contributed by atoms with van der Waals surface area (Å²) in [6.45, 7) is 2.74. The summed E-state index contributed by atoms with van der Waals surface area (Å²) in [5, 5.41) is 6.77. The number of amides is 2. The van der Waals surface area contributed by atoms with Crippen LogP contribution in [0.5, 0.6) is 5.75 Å². The summed E-state index contributed by atoms with van der Waals surface area (Å²) < 4.78 is 8.22. The number of anilines is 1. The van der Waals surface area contributed by atoms with Gasteiger partial charge in [-0.25, -0.2) is 0 Å². The monoisotopic (exact) mass is 442 g/mol. The first-order valence-electron chi connectivity index (χ1n) is 8.62. The molecule has 8 heteroatoms. The molecular weight excluding hydrogens is 424 g/mol. The lowest BCUT2D eigenvalue weighted by molar-refractivity contribution is 0.0995. The third kappa shape index (κ3) is 4.77. The minimum absolute atomic E-state index is 0.0318. The molecule has 0 saturated carbocycles. The molecule has 0 saturated heterocycles. The molecule has 2 amide bonds. The number of carbonyl (C=O) groups excluding carboxylic acids is 2. The second-order valence-electron chi connectivity index (χ2n) is 6.01. The maximum atomic E-state index is 12.6. The quantitative estimate of drug-likeness (QED) is 0.583. The Balaban J connectivity index is 1.72. The van der Waals surface area contributed by atoms with E-state index in [1.165, 1.54) is 4.68 Å². The van der Waals surface area contributed by atoms with Gasteiger partial charge in [0, 0.05) is 22.8 Å². The average Bonchev–Trinajstić information content (AvgIpc) is 3.10. The van der Waals surface area contributed by atoms with Crippen molar-refractivity contribution in [2.24, 2.45) is 5.73 Å². The SMILES string of the molecule is CCn1cc(NC(=O)c2cccc(COc3cccc(Br)c3)c2)c(C(N)=O)n1. The Kier molecular flexibility index (Phi) is 6.10. The highest BCUT2D eigenvalue weighted by molar-refractivity contribution is 9.10. The normalized spacial score (nSPS) is 10.5. The molecule has 0 spiro atoms. The van der Waals surface area contributed by atoms with Crippen LogP contribution in [-0.2, 0) is 13.2 Å². The summed E-state index contributed by atoms with van der Waals surface area (Å²) in [5.74, 6) is -0.330. The molecule has 7 nitrogen and oxygen atoms in total. The first-order valence-corrected chi connectivity index (χ1v) is 9.41. The van der Waals surface area contributed by atoms with E-state index in [1.54, 1.807) is 24.4 Å². The molecular formula is C20H19BrN4O3. The summed E-state index contributed by atoms with van der Waals surface area (Å²) >= 11 is 3.40. The first kappa shape index (κ1) is 19.6. The van der Waals surface area contributed by atoms with Crippen molar-refractivity contribution < 1.29 is 14.3 Å². The van der Waals surface area contributed by atoms with Gasteiger partial charge in [-0.05, 0) is 42.8 Å². The molecule has 1 aromatic heterocycles. The van der Waals surface area contributed by atoms with Crippen molar-refractivity contribution in [3.63, 3.8) is 0 Å². The van der Waals surface area contributed by atoms with Crippen molar-refractivity contribution in [3.05, 3.63) is 76.0 Å². The molecule has 0 atom stereocenters. The van der Waals surface area contributed by atoms with Crippen molar-refractivity contribution in [2.45, 2.75) is 20.1 Å². The van der Waals surface area contributed by atoms with E-state index in [1.807, 2.05) is 37.3 Å². The van der Waals surface area contributed by atoms with Crippen LogP contribution in [0.2, 0.25) is 0 Å². The minimum atomic E-state index is -0.696. The Morgan fingerprint density at radius 3 is 2.71 bits per heavy atom. The molecule has 0 aliphatic carbocycles. The molecule has 3 rings (SSSR count). The molecule has 0 fully saturated rings. The van der Waals surface area contributed by atoms with Gasteiger partial charge in [0.05, 0.1) is 5.69 Å². The number of ether oxygens (including phenoxy) is 1. The second-order valence-corrected chi connectivity index (χ2v) is 6.93. The standard InChI is InChI=1S/C20H19BrN4O3/c1-2-25-11-17(18(24-25)19(22)26)23-20(27)14-6-3-5-13(9-14)12-28-16-8-4-7-15(21)10-16/h3-11H,2,12H2,1H3,(H2,22,26)(H,23,27). The number of primary amides is 1. The summed E-state index contributed by atoms with van der Waals surface area (Å²) in [6.07, 6.45) is 1.58. The van der Waals surface area contributed by atoms with E-state index >= 15 is 0 Å². The number of nitrogens with zero attached hydrogens (tertiary/aromatic N) is 2. The number of hydrogen-bond acceptors (Lipinski definition) is 4. The summed E-state index contributed by atoms with van der Waals surface area (Å²) in [5.41, 5.74) is 6.94. The van der Waals surface area contributed by atoms with E-state index in [0.29, 0.717) is 18.7 Å². The van der Waals surface area contributed by atoms with Crippen LogP contribution in [0.1, 0.15) is 33.3 Å². The Morgan fingerprint density at radius 1 is 1.21 bits per heavy atom. The van der Waals surface area contributed by atoms with Crippen LogP contribution in [0, 0.1) is 0 Å². The van der Waals surface area contributed by atoms with Crippen molar-refractivity contribution in [1.29, 1.82) is 0 Å². The number of rotatable bonds is 7. The van der Waals surface area contributed by atoms with Crippen LogP contribution >= 0.6 is 15.9 Å². The number of nitrogens with one attached hydrogen (secondary N) is 1. The molecule has 0 bridgehead atoms. The van der Waals surface area contributed by atoms with Crippen LogP contribution in [0.3, 0.4) is 0 Å². The summed E-state index contributed by atoms with van der Waals surface area (Å²) in [4.78, 5) is 24.2. The van der Waals surface area contributed by atoms with Gasteiger partial charge in [-0.1, -0.05) is 34.1 Å². The van der Waals surface area contributed by atoms with Gasteiger partial charge < -0.3 is 15.8 Å². The van der Waals surface area contributed by atoms with E-state index in [2.05, 4.69) is 26.3 Å². The number of hydrogen-bond donors (Lipinski definition) is 2. The fourth-order valence-electron chi connectivity index (χ4n) is 2.58. The van der Waals surface area contributed by atoms with Crippen molar-refractivity contribution in [2.75, 3.05) is 5.32 Å². The van der Waals surface area contributed by atoms with Gasteiger partial charge in [0.2, 0.25) is 0 Å². The van der Waals surface area contributed by atoms with Crippen LogP contribution < -0.4 is 15.8 Å². The smallest absolute Gasteiger partial charge is 0.271 e. The van der Waals surface area contributed by atoms with Crippen molar-refractivity contribution in [1.82, 2.24) is 9.78 Å². The summed E-state index contributed by atoms with van der Waals surface area (Å²) in [6, 6.07) is 14.6. The third-order valence-corrected chi connectivity index (χ3v) is 4.45. The molecule has 0 aliphatic heterocycles. The van der Waals surface area contributed by atoms with E-state index in [9.17, 15) is 9.59 Å².